The molecule has 4 unspecified atom stereocenters. The number of rotatable bonds is 8. The van der Waals surface area contributed by atoms with Crippen molar-refractivity contribution in [3.63, 3.8) is 0 Å². The molecular formula is C24H36N2O6. The number of nitrogens with zero attached hydrogens (tertiary/aromatic N) is 1. The lowest BCUT2D eigenvalue weighted by atomic mass is 9.94. The molecule has 8 heteroatoms. The fourth-order valence-electron chi connectivity index (χ4n) is 3.94. The predicted molar refractivity (Wildman–Crippen MR) is 121 cm³/mol. The molecule has 2 rings (SSSR count). The Morgan fingerprint density at radius 3 is 2.25 bits per heavy atom. The number of Topliss-reactive ketones (excluding diaryl/α,β-unsaturated/α-hetero) is 1. The Hall–Kier alpha value is -2.61. The average molecular weight is 449 g/mol. The molecule has 1 fully saturated rings. The summed E-state index contributed by atoms with van der Waals surface area (Å²) in [5.74, 6) is -0.416. The summed E-state index contributed by atoms with van der Waals surface area (Å²) in [6, 6.07) is 5.77. The van der Waals surface area contributed by atoms with Crippen molar-refractivity contribution in [2.24, 2.45) is 5.92 Å². The number of ketones is 1. The highest BCUT2D eigenvalue weighted by molar-refractivity contribution is 6.01. The predicted octanol–water partition coefficient (Wildman–Crippen LogP) is 3.43. The van der Waals surface area contributed by atoms with Gasteiger partial charge in [-0.3, -0.25) is 9.59 Å². The van der Waals surface area contributed by atoms with Crippen LogP contribution in [0.3, 0.4) is 0 Å². The molecule has 2 amide bonds. The van der Waals surface area contributed by atoms with Crippen LogP contribution in [0.4, 0.5) is 4.79 Å². The summed E-state index contributed by atoms with van der Waals surface area (Å²) < 4.78 is 16.3. The van der Waals surface area contributed by atoms with Crippen molar-refractivity contribution >= 4 is 17.8 Å². The van der Waals surface area contributed by atoms with Gasteiger partial charge in [-0.1, -0.05) is 6.92 Å². The normalized spacial score (nSPS) is 19.1. The minimum absolute atomic E-state index is 0.196. The van der Waals surface area contributed by atoms with Gasteiger partial charge in [0.1, 0.15) is 11.4 Å². The first-order chi connectivity index (χ1) is 15.0. The highest BCUT2D eigenvalue weighted by atomic mass is 16.6. The molecule has 0 aliphatic carbocycles. The number of likely N-dealkylation sites (tertiary alicyclic amines) is 1. The van der Waals surface area contributed by atoms with Crippen molar-refractivity contribution in [1.29, 1.82) is 0 Å². The van der Waals surface area contributed by atoms with Crippen molar-refractivity contribution < 1.29 is 28.6 Å². The number of nitrogens with one attached hydrogen (secondary N) is 1. The monoisotopic (exact) mass is 448 g/mol. The lowest BCUT2D eigenvalue weighted by molar-refractivity contribution is -0.131. The van der Waals surface area contributed by atoms with Crippen LogP contribution in [0.5, 0.6) is 5.75 Å². The van der Waals surface area contributed by atoms with Crippen molar-refractivity contribution in [2.45, 2.75) is 71.2 Å². The number of hydrogen-bond donors (Lipinski definition) is 1. The molecule has 0 bridgehead atoms. The zero-order valence-corrected chi connectivity index (χ0v) is 20.1. The van der Waals surface area contributed by atoms with E-state index in [1.54, 1.807) is 50.1 Å². The molecule has 4 atom stereocenters. The van der Waals surface area contributed by atoms with E-state index in [4.69, 9.17) is 14.2 Å². The Kier molecular flexibility index (Phi) is 8.66. The molecule has 178 valence electrons. The van der Waals surface area contributed by atoms with Crippen molar-refractivity contribution in [3.8, 4) is 5.75 Å². The smallest absolute Gasteiger partial charge is 0.410 e. The van der Waals surface area contributed by atoms with Gasteiger partial charge in [0.2, 0.25) is 5.91 Å². The minimum Gasteiger partial charge on any atom is -0.497 e. The highest BCUT2D eigenvalue weighted by Gasteiger charge is 2.41. The fourth-order valence-corrected chi connectivity index (χ4v) is 3.94. The third-order valence-corrected chi connectivity index (χ3v) is 5.61. The summed E-state index contributed by atoms with van der Waals surface area (Å²) >= 11 is 0. The minimum atomic E-state index is -0.707. The molecule has 0 saturated carbocycles. The van der Waals surface area contributed by atoms with Crippen LogP contribution in [-0.2, 0) is 14.3 Å². The van der Waals surface area contributed by atoms with Crippen LogP contribution in [0.15, 0.2) is 24.3 Å². The van der Waals surface area contributed by atoms with Crippen LogP contribution in [-0.4, -0.2) is 67.2 Å². The first-order valence-corrected chi connectivity index (χ1v) is 11.0. The zero-order chi connectivity index (χ0) is 24.1. The number of carbonyl (C=O) groups excluding carboxylic acids is 3. The molecule has 1 aromatic carbocycles. The van der Waals surface area contributed by atoms with Crippen LogP contribution in [0.2, 0.25) is 0 Å². The molecule has 1 saturated heterocycles. The lowest BCUT2D eigenvalue weighted by Crippen LogP contribution is -2.52. The van der Waals surface area contributed by atoms with Gasteiger partial charge in [0, 0.05) is 19.2 Å². The first kappa shape index (κ1) is 25.6. The van der Waals surface area contributed by atoms with Crippen LogP contribution < -0.4 is 10.1 Å². The number of amides is 2. The van der Waals surface area contributed by atoms with Gasteiger partial charge >= 0.3 is 6.09 Å². The zero-order valence-electron chi connectivity index (χ0n) is 20.1. The SMILES string of the molecule is COc1ccc(C(=O)C(C)NC(=O)C(C)C(OC)C2CCCN2C(=O)OC(C)(C)C)cc1. The fraction of sp³-hybridized carbons (Fsp3) is 0.625. The third kappa shape index (κ3) is 6.45. The van der Waals surface area contributed by atoms with Gasteiger partial charge in [-0.05, 0) is 64.8 Å². The summed E-state index contributed by atoms with van der Waals surface area (Å²) in [6.07, 6.45) is 0.603. The van der Waals surface area contributed by atoms with Crippen LogP contribution >= 0.6 is 0 Å². The maximum atomic E-state index is 13.0. The number of methoxy groups -OCH3 is 2. The number of hydrogen-bond acceptors (Lipinski definition) is 6. The van der Waals surface area contributed by atoms with E-state index in [2.05, 4.69) is 5.32 Å². The number of ether oxygens (including phenoxy) is 3. The second-order valence-corrected chi connectivity index (χ2v) is 9.20. The van der Waals surface area contributed by atoms with Gasteiger partial charge in [0.25, 0.3) is 0 Å². The molecule has 0 aromatic heterocycles. The summed E-state index contributed by atoms with van der Waals surface area (Å²) in [6.45, 7) is 9.42. The van der Waals surface area contributed by atoms with E-state index in [-0.39, 0.29) is 17.7 Å². The molecule has 1 aromatic rings. The Morgan fingerprint density at radius 2 is 1.72 bits per heavy atom. The second-order valence-electron chi connectivity index (χ2n) is 9.20. The molecular weight excluding hydrogens is 412 g/mol. The molecule has 1 aliphatic rings. The molecule has 8 nitrogen and oxygen atoms in total. The average Bonchev–Trinajstić information content (AvgIpc) is 3.22. The van der Waals surface area contributed by atoms with Gasteiger partial charge in [-0.15, -0.1) is 0 Å². The Labute approximate surface area is 190 Å². The molecule has 0 spiro atoms. The maximum Gasteiger partial charge on any atom is 0.410 e. The molecule has 1 aliphatic heterocycles. The van der Waals surface area contributed by atoms with Gasteiger partial charge in [0.05, 0.1) is 31.2 Å². The number of benzene rings is 1. The Morgan fingerprint density at radius 1 is 1.09 bits per heavy atom. The van der Waals surface area contributed by atoms with Crippen molar-refractivity contribution in [2.75, 3.05) is 20.8 Å². The lowest BCUT2D eigenvalue weighted by Gasteiger charge is -2.35. The Balaban J connectivity index is 2.05. The summed E-state index contributed by atoms with van der Waals surface area (Å²) in [7, 11) is 3.09. The van der Waals surface area contributed by atoms with E-state index in [1.807, 2.05) is 20.8 Å². The molecule has 32 heavy (non-hydrogen) atoms. The van der Waals surface area contributed by atoms with Gasteiger partial charge < -0.3 is 24.4 Å². The molecule has 1 heterocycles. The second kappa shape index (κ2) is 10.8. The summed E-state index contributed by atoms with van der Waals surface area (Å²) in [5.41, 5.74) is -0.117. The summed E-state index contributed by atoms with van der Waals surface area (Å²) in [4.78, 5) is 40.0. The van der Waals surface area contributed by atoms with E-state index in [1.165, 1.54) is 7.11 Å². The van der Waals surface area contributed by atoms with E-state index in [0.717, 1.165) is 12.8 Å². The van der Waals surface area contributed by atoms with Gasteiger partial charge in [-0.2, -0.15) is 0 Å². The Bertz CT molecular complexity index is 802. The van der Waals surface area contributed by atoms with Crippen LogP contribution in [0.1, 0.15) is 57.8 Å². The quantitative estimate of drug-likeness (QED) is 0.613. The van der Waals surface area contributed by atoms with Gasteiger partial charge in [-0.25, -0.2) is 4.79 Å². The maximum absolute atomic E-state index is 13.0. The van der Waals surface area contributed by atoms with Gasteiger partial charge in [0.15, 0.2) is 5.78 Å². The molecule has 0 radical (unpaired) electrons. The largest absolute Gasteiger partial charge is 0.497 e. The third-order valence-electron chi connectivity index (χ3n) is 5.61. The van der Waals surface area contributed by atoms with Crippen molar-refractivity contribution in [1.82, 2.24) is 10.2 Å². The van der Waals surface area contributed by atoms with Crippen LogP contribution in [0, 0.1) is 5.92 Å². The van der Waals surface area contributed by atoms with E-state index >= 15 is 0 Å². The van der Waals surface area contributed by atoms with E-state index in [9.17, 15) is 14.4 Å². The van der Waals surface area contributed by atoms with E-state index < -0.39 is 29.8 Å². The van der Waals surface area contributed by atoms with Crippen LogP contribution in [0.25, 0.3) is 0 Å². The highest BCUT2D eigenvalue weighted by Crippen LogP contribution is 2.28. The summed E-state index contributed by atoms with van der Waals surface area (Å²) in [5, 5.41) is 2.79. The topological polar surface area (TPSA) is 94.2 Å². The number of carbonyl (C=O) groups is 3. The van der Waals surface area contributed by atoms with E-state index in [0.29, 0.717) is 17.9 Å². The molecule has 1 N–H and O–H groups in total. The standard InChI is InChI=1S/C24H36N2O6/c1-15(21(31-7)19-9-8-14-26(19)23(29)32-24(3,4)5)22(28)25-16(2)20(27)17-10-12-18(30-6)13-11-17/h10-13,15-16,19,21H,8-9,14H2,1-7H3,(H,25,28). The first-order valence-electron chi connectivity index (χ1n) is 11.0. The van der Waals surface area contributed by atoms with Crippen molar-refractivity contribution in [3.05, 3.63) is 29.8 Å².